The molecule has 2 rings (SSSR count). The normalized spacial score (nSPS) is 13.5. The minimum atomic E-state index is -5.46. The minimum Gasteiger partial charge on any atom is -0.409 e. The number of carbonyl (C=O) groups is 1. The van der Waals surface area contributed by atoms with E-state index in [1.807, 2.05) is 0 Å². The molecule has 41 heavy (non-hydrogen) atoms. The molecule has 0 aromatic heterocycles. The minimum absolute atomic E-state index is 0.0312. The molecule has 0 bridgehead atoms. The fourth-order valence-electron chi connectivity index (χ4n) is 3.05. The number of hydrogen-bond acceptors (Lipinski definition) is 5. The van der Waals surface area contributed by atoms with Crippen molar-refractivity contribution < 1.29 is 58.2 Å². The number of halogens is 10. The Morgan fingerprint density at radius 2 is 1.56 bits per heavy atom. The summed E-state index contributed by atoms with van der Waals surface area (Å²) in [7, 11) is 1.05. The van der Waals surface area contributed by atoms with Crippen molar-refractivity contribution in [1.82, 2.24) is 0 Å². The second-order valence-corrected chi connectivity index (χ2v) is 8.81. The molecule has 0 atom stereocenters. The summed E-state index contributed by atoms with van der Waals surface area (Å²) in [6.45, 7) is 0.367. The van der Waals surface area contributed by atoms with Crippen LogP contribution in [0.2, 0.25) is 0 Å². The molecule has 6 nitrogen and oxygen atoms in total. The lowest BCUT2D eigenvalue weighted by molar-refractivity contribution is -0.262. The number of nitrogens with zero attached hydrogens (tertiary/aromatic N) is 2. The Balaban J connectivity index is 2.53. The van der Waals surface area contributed by atoms with Crippen LogP contribution < -0.4 is 15.4 Å². The average molecular weight is 603 g/mol. The summed E-state index contributed by atoms with van der Waals surface area (Å²) >= 11 is 0. The molecule has 0 heterocycles. The van der Waals surface area contributed by atoms with Gasteiger partial charge in [-0.25, -0.2) is 9.18 Å². The Labute approximate surface area is 227 Å². The molecule has 0 fully saturated rings. The summed E-state index contributed by atoms with van der Waals surface area (Å²) in [6, 6.07) is 4.04. The van der Waals surface area contributed by atoms with Crippen LogP contribution in [0.1, 0.15) is 30.5 Å². The predicted octanol–water partition coefficient (Wildman–Crippen LogP) is 7.23. The molecule has 0 unspecified atom stereocenters. The maximum atomic E-state index is 13.9. The fourth-order valence-corrected chi connectivity index (χ4v) is 3.05. The highest BCUT2D eigenvalue weighted by molar-refractivity contribution is 6.11. The van der Waals surface area contributed by atoms with Gasteiger partial charge in [0.15, 0.2) is 11.4 Å². The average Bonchev–Trinajstić information content (AvgIpc) is 2.84. The summed E-state index contributed by atoms with van der Waals surface area (Å²) in [4.78, 5) is 17.1. The predicted molar refractivity (Wildman–Crippen MR) is 129 cm³/mol. The van der Waals surface area contributed by atoms with E-state index in [9.17, 15) is 48.7 Å². The zero-order chi connectivity index (χ0) is 31.4. The van der Waals surface area contributed by atoms with Crippen molar-refractivity contribution >= 4 is 23.6 Å². The lowest BCUT2D eigenvalue weighted by atomic mass is 9.98. The molecule has 2 aromatic carbocycles. The van der Waals surface area contributed by atoms with E-state index in [0.717, 1.165) is 45.2 Å². The second-order valence-electron chi connectivity index (χ2n) is 8.81. The molecule has 16 heteroatoms. The van der Waals surface area contributed by atoms with E-state index in [4.69, 9.17) is 15.2 Å². The van der Waals surface area contributed by atoms with Crippen molar-refractivity contribution in [2.45, 2.75) is 38.0 Å². The molecule has 1 amide bonds. The van der Waals surface area contributed by atoms with Gasteiger partial charge in [0.2, 0.25) is 0 Å². The van der Waals surface area contributed by atoms with Crippen LogP contribution in [0.5, 0.6) is 5.75 Å². The van der Waals surface area contributed by atoms with Gasteiger partial charge in [-0.2, -0.15) is 39.5 Å². The summed E-state index contributed by atoms with van der Waals surface area (Å²) in [5.41, 5.74) is -2.44. The maximum absolute atomic E-state index is 13.9. The smallest absolute Gasteiger partial charge is 0.409 e. The Hall–Kier alpha value is -3.82. The van der Waals surface area contributed by atoms with Crippen LogP contribution in [0.3, 0.4) is 0 Å². The van der Waals surface area contributed by atoms with Crippen molar-refractivity contribution in [1.29, 1.82) is 0 Å². The van der Waals surface area contributed by atoms with Crippen LogP contribution in [0, 0.1) is 5.82 Å². The molecule has 0 radical (unpaired) electrons. The lowest BCUT2D eigenvalue weighted by Crippen LogP contribution is -2.42. The Morgan fingerprint density at radius 3 is 2.05 bits per heavy atom. The van der Waals surface area contributed by atoms with E-state index in [0.29, 0.717) is 17.3 Å². The van der Waals surface area contributed by atoms with E-state index in [1.165, 1.54) is 0 Å². The molecule has 226 valence electrons. The zero-order valence-electron chi connectivity index (χ0n) is 21.5. The molecule has 2 aromatic rings. The molecule has 0 saturated carbocycles. The van der Waals surface area contributed by atoms with Crippen molar-refractivity contribution in [3.8, 4) is 5.75 Å². The van der Waals surface area contributed by atoms with Crippen LogP contribution in [0.15, 0.2) is 47.6 Å². The number of rotatable bonds is 8. The molecule has 0 aliphatic carbocycles. The quantitative estimate of drug-likeness (QED) is 0.196. The number of allylic oxidation sites excluding steroid dienone is 1. The number of hydrogen-bond donors (Lipinski definition) is 1. The van der Waals surface area contributed by atoms with Crippen molar-refractivity contribution in [3.05, 3.63) is 65.1 Å². The topological polar surface area (TPSA) is 77.2 Å². The third-order valence-corrected chi connectivity index (χ3v) is 5.49. The van der Waals surface area contributed by atoms with Crippen LogP contribution in [-0.2, 0) is 17.1 Å². The SMILES string of the molecule is CN(C(=O)Oc1c(/C(C=NCCOC(C)(C)C(F)(F)F)=C/N)cc(C(F)(F)F)cc1C(F)(F)F)c1ccc(F)cc1. The van der Waals surface area contributed by atoms with Crippen LogP contribution in [0.25, 0.3) is 5.57 Å². The van der Waals surface area contributed by atoms with E-state index >= 15 is 0 Å². The van der Waals surface area contributed by atoms with E-state index in [1.54, 1.807) is 0 Å². The largest absolute Gasteiger partial charge is 0.420 e. The third kappa shape index (κ3) is 8.58. The van der Waals surface area contributed by atoms with Gasteiger partial charge in [-0.15, -0.1) is 0 Å². The van der Waals surface area contributed by atoms with Gasteiger partial charge in [-0.05, 0) is 50.2 Å². The summed E-state index contributed by atoms with van der Waals surface area (Å²) in [5, 5.41) is 0. The summed E-state index contributed by atoms with van der Waals surface area (Å²) in [5.74, 6) is -2.05. The summed E-state index contributed by atoms with van der Waals surface area (Å²) in [6.07, 6.45) is -15.7. The van der Waals surface area contributed by atoms with Gasteiger partial charge in [0, 0.05) is 36.3 Å². The highest BCUT2D eigenvalue weighted by atomic mass is 19.4. The Bertz CT molecular complexity index is 1280. The number of nitrogens with two attached hydrogens (primary N) is 1. The first-order valence-electron chi connectivity index (χ1n) is 11.4. The zero-order valence-corrected chi connectivity index (χ0v) is 21.5. The first kappa shape index (κ1) is 33.4. The molecule has 0 aliphatic rings. The number of alkyl halides is 9. The van der Waals surface area contributed by atoms with Gasteiger partial charge in [-0.3, -0.25) is 9.89 Å². The molecular weight excluding hydrogens is 580 g/mol. The standard InChI is InChI=1S/C25H23F10N3O3/c1-22(2,25(33,34)35)40-9-8-37-13-14(12-36)18-10-15(23(27,28)29)11-19(24(30,31)32)20(18)41-21(39)38(3)17-6-4-16(26)5-7-17/h4-7,10-13H,8-9,36H2,1-3H3/b14-12+,37-13?. The number of anilines is 1. The van der Waals surface area contributed by atoms with Crippen LogP contribution >= 0.6 is 0 Å². The molecular formula is C25H23F10N3O3. The third-order valence-electron chi connectivity index (χ3n) is 5.49. The number of ether oxygens (including phenoxy) is 2. The maximum Gasteiger partial charge on any atom is 0.420 e. The first-order chi connectivity index (χ1) is 18.7. The Kier molecular flexibility index (Phi) is 10.1. The van der Waals surface area contributed by atoms with Crippen LogP contribution in [0.4, 0.5) is 54.4 Å². The molecule has 0 spiro atoms. The van der Waals surface area contributed by atoms with E-state index in [2.05, 4.69) is 4.99 Å². The first-order valence-corrected chi connectivity index (χ1v) is 11.4. The lowest BCUT2D eigenvalue weighted by Gasteiger charge is -2.27. The van der Waals surface area contributed by atoms with Gasteiger partial charge in [0.25, 0.3) is 0 Å². The van der Waals surface area contributed by atoms with Gasteiger partial charge >= 0.3 is 24.6 Å². The fraction of sp³-hybridized carbons (Fsp3) is 0.360. The second kappa shape index (κ2) is 12.4. The number of aliphatic imine (C=N–C) groups is 1. The van der Waals surface area contributed by atoms with E-state index in [-0.39, 0.29) is 17.8 Å². The Morgan fingerprint density at radius 1 is 0.976 bits per heavy atom. The van der Waals surface area contributed by atoms with Crippen molar-refractivity contribution in [3.63, 3.8) is 0 Å². The molecule has 2 N–H and O–H groups in total. The number of amides is 1. The highest BCUT2D eigenvalue weighted by Gasteiger charge is 2.48. The van der Waals surface area contributed by atoms with Crippen LogP contribution in [-0.4, -0.2) is 44.3 Å². The van der Waals surface area contributed by atoms with E-state index < -0.39 is 77.2 Å². The molecule has 0 aliphatic heterocycles. The molecule has 0 saturated heterocycles. The van der Waals surface area contributed by atoms with Crippen molar-refractivity contribution in [2.24, 2.45) is 10.7 Å². The highest BCUT2D eigenvalue weighted by Crippen LogP contribution is 2.44. The van der Waals surface area contributed by atoms with Crippen molar-refractivity contribution in [2.75, 3.05) is 25.1 Å². The summed E-state index contributed by atoms with van der Waals surface area (Å²) < 4.78 is 144. The number of benzene rings is 2. The number of carbonyl (C=O) groups excluding carboxylic acids is 1. The van der Waals surface area contributed by atoms with Gasteiger partial charge in [0.1, 0.15) is 5.82 Å². The van der Waals surface area contributed by atoms with Gasteiger partial charge in [-0.1, -0.05) is 0 Å². The monoisotopic (exact) mass is 603 g/mol. The van der Waals surface area contributed by atoms with Gasteiger partial charge < -0.3 is 15.2 Å². The van der Waals surface area contributed by atoms with Gasteiger partial charge in [0.05, 0.1) is 24.3 Å².